The Kier molecular flexibility index (Phi) is 7.06. The Labute approximate surface area is 240 Å². The highest BCUT2D eigenvalue weighted by Gasteiger charge is 2.32. The van der Waals surface area contributed by atoms with Crippen LogP contribution in [-0.2, 0) is 6.18 Å². The largest absolute Gasteiger partial charge is 0.497 e. The highest BCUT2D eigenvalue weighted by molar-refractivity contribution is 5.95. The van der Waals surface area contributed by atoms with Crippen molar-refractivity contribution in [2.45, 2.75) is 13.1 Å². The van der Waals surface area contributed by atoms with Gasteiger partial charge in [-0.15, -0.1) is 0 Å². The van der Waals surface area contributed by atoms with Crippen molar-refractivity contribution in [3.8, 4) is 28.1 Å². The van der Waals surface area contributed by atoms with Crippen LogP contribution in [0.3, 0.4) is 0 Å². The fourth-order valence-electron chi connectivity index (χ4n) is 5.35. The molecular weight excluding hydrogens is 543 g/mol. The maximum absolute atomic E-state index is 13.9. The highest BCUT2D eigenvalue weighted by Crippen LogP contribution is 2.33. The molecular formula is C32H28F3N5O2. The van der Waals surface area contributed by atoms with Gasteiger partial charge in [0.1, 0.15) is 11.4 Å². The number of methoxy groups -OCH3 is 1. The Morgan fingerprint density at radius 3 is 2.24 bits per heavy atom. The van der Waals surface area contributed by atoms with Crippen molar-refractivity contribution in [3.63, 3.8) is 0 Å². The first-order valence-electron chi connectivity index (χ1n) is 13.5. The summed E-state index contributed by atoms with van der Waals surface area (Å²) in [5.74, 6) is 0.467. The third-order valence-electron chi connectivity index (χ3n) is 7.54. The number of hydrogen-bond acceptors (Lipinski definition) is 5. The molecule has 1 aliphatic heterocycles. The monoisotopic (exact) mass is 571 g/mol. The molecule has 1 fully saturated rings. The number of carbonyl (C=O) groups is 1. The minimum absolute atomic E-state index is 0.242. The van der Waals surface area contributed by atoms with Crippen LogP contribution in [0, 0.1) is 6.92 Å². The van der Waals surface area contributed by atoms with E-state index in [2.05, 4.69) is 0 Å². The van der Waals surface area contributed by atoms with Gasteiger partial charge < -0.3 is 14.5 Å². The fraction of sp³-hybridized carbons (Fsp3) is 0.219. The summed E-state index contributed by atoms with van der Waals surface area (Å²) in [4.78, 5) is 22.3. The number of amides is 1. The average molecular weight is 572 g/mol. The zero-order valence-corrected chi connectivity index (χ0v) is 23.1. The lowest BCUT2D eigenvalue weighted by molar-refractivity contribution is -0.137. The molecule has 0 spiro atoms. The Morgan fingerprint density at radius 1 is 0.857 bits per heavy atom. The van der Waals surface area contributed by atoms with Crippen molar-refractivity contribution in [2.24, 2.45) is 0 Å². The number of piperazine rings is 1. The highest BCUT2D eigenvalue weighted by atomic mass is 19.4. The van der Waals surface area contributed by atoms with Gasteiger partial charge in [-0.1, -0.05) is 36.4 Å². The van der Waals surface area contributed by atoms with Gasteiger partial charge in [-0.25, -0.2) is 9.50 Å². The summed E-state index contributed by atoms with van der Waals surface area (Å²) < 4.78 is 46.8. The van der Waals surface area contributed by atoms with E-state index in [1.165, 1.54) is 6.07 Å². The second kappa shape index (κ2) is 10.8. The van der Waals surface area contributed by atoms with E-state index >= 15 is 0 Å². The normalized spacial score (nSPS) is 13.9. The predicted molar refractivity (Wildman–Crippen MR) is 155 cm³/mol. The quantitative estimate of drug-likeness (QED) is 0.246. The Morgan fingerprint density at radius 2 is 1.57 bits per heavy atom. The molecule has 0 saturated carbocycles. The molecule has 0 bridgehead atoms. The first kappa shape index (κ1) is 27.3. The molecule has 3 heterocycles. The molecule has 1 aliphatic rings. The van der Waals surface area contributed by atoms with Crippen LogP contribution in [-0.4, -0.2) is 58.7 Å². The van der Waals surface area contributed by atoms with Gasteiger partial charge in [-0.2, -0.15) is 18.3 Å². The number of aryl methyl sites for hydroxylation is 1. The molecule has 6 rings (SSSR count). The number of rotatable bonds is 5. The van der Waals surface area contributed by atoms with Crippen LogP contribution in [0.25, 0.3) is 28.0 Å². The van der Waals surface area contributed by atoms with Crippen molar-refractivity contribution >= 4 is 17.2 Å². The predicted octanol–water partition coefficient (Wildman–Crippen LogP) is 6.36. The number of ether oxygens (including phenoxy) is 1. The van der Waals surface area contributed by atoms with E-state index in [9.17, 15) is 18.0 Å². The Hall–Kier alpha value is -4.86. The smallest absolute Gasteiger partial charge is 0.416 e. The summed E-state index contributed by atoms with van der Waals surface area (Å²) in [5.41, 5.74) is 4.76. The van der Waals surface area contributed by atoms with E-state index < -0.39 is 11.7 Å². The van der Waals surface area contributed by atoms with Gasteiger partial charge >= 0.3 is 6.18 Å². The lowest BCUT2D eigenvalue weighted by Crippen LogP contribution is -2.49. The molecule has 10 heteroatoms. The second-order valence-corrected chi connectivity index (χ2v) is 10.1. The summed E-state index contributed by atoms with van der Waals surface area (Å²) in [6.07, 6.45) is -4.41. The van der Waals surface area contributed by atoms with Crippen LogP contribution in [0.5, 0.6) is 5.75 Å². The summed E-state index contributed by atoms with van der Waals surface area (Å²) in [5, 5.41) is 4.80. The van der Waals surface area contributed by atoms with Crippen LogP contribution >= 0.6 is 0 Å². The fourth-order valence-corrected chi connectivity index (χ4v) is 5.35. The van der Waals surface area contributed by atoms with E-state index in [1.54, 1.807) is 28.7 Å². The van der Waals surface area contributed by atoms with E-state index in [0.29, 0.717) is 49.0 Å². The molecule has 0 unspecified atom stereocenters. The molecule has 2 aromatic heterocycles. The Bertz CT molecular complexity index is 1740. The number of anilines is 1. The van der Waals surface area contributed by atoms with Crippen LogP contribution < -0.4 is 9.64 Å². The lowest BCUT2D eigenvalue weighted by atomic mass is 10.1. The molecule has 0 radical (unpaired) electrons. The maximum atomic E-state index is 13.9. The lowest BCUT2D eigenvalue weighted by Gasteiger charge is -2.36. The molecule has 7 nitrogen and oxygen atoms in total. The first-order chi connectivity index (χ1) is 20.2. The number of hydrogen-bond donors (Lipinski definition) is 0. The second-order valence-electron chi connectivity index (χ2n) is 10.1. The SMILES string of the molecule is COc1ccc(-c2cc(C(=O)N3CCN(c4cccc(C(F)(F)F)c4)CC3)nc3c(-c4ccccc4)c(C)nn23)cc1. The topological polar surface area (TPSA) is 63.0 Å². The zero-order chi connectivity index (χ0) is 29.4. The zero-order valence-electron chi connectivity index (χ0n) is 23.1. The van der Waals surface area contributed by atoms with Crippen molar-refractivity contribution in [3.05, 3.63) is 102 Å². The Balaban J connectivity index is 1.35. The van der Waals surface area contributed by atoms with Crippen molar-refractivity contribution in [2.75, 3.05) is 38.2 Å². The molecule has 0 aliphatic carbocycles. The molecule has 214 valence electrons. The minimum atomic E-state index is -4.41. The van der Waals surface area contributed by atoms with Crippen LogP contribution in [0.2, 0.25) is 0 Å². The standard InChI is InChI=1S/C32H28F3N5O2/c1-21-29(23-7-4-3-5-8-23)30-36-27(20-28(40(30)37-21)22-11-13-26(42-2)14-12-22)31(41)39-17-15-38(16-18-39)25-10-6-9-24(19-25)32(33,34)35/h3-14,19-20H,15-18H2,1-2H3. The number of benzene rings is 3. The summed E-state index contributed by atoms with van der Waals surface area (Å²) in [7, 11) is 1.60. The van der Waals surface area contributed by atoms with Gasteiger partial charge in [0, 0.05) is 43.0 Å². The average Bonchev–Trinajstić information content (AvgIpc) is 3.36. The van der Waals surface area contributed by atoms with Gasteiger partial charge in [0.25, 0.3) is 5.91 Å². The summed E-state index contributed by atoms with van der Waals surface area (Å²) in [6.45, 7) is 3.43. The van der Waals surface area contributed by atoms with E-state index in [1.807, 2.05) is 66.4 Å². The van der Waals surface area contributed by atoms with E-state index in [0.717, 1.165) is 34.5 Å². The molecule has 1 saturated heterocycles. The van der Waals surface area contributed by atoms with Crippen molar-refractivity contribution in [1.29, 1.82) is 0 Å². The molecule has 0 N–H and O–H groups in total. The number of nitrogens with zero attached hydrogens (tertiary/aromatic N) is 5. The molecule has 3 aromatic carbocycles. The molecule has 0 atom stereocenters. The van der Waals surface area contributed by atoms with E-state index in [-0.39, 0.29) is 11.6 Å². The van der Waals surface area contributed by atoms with Crippen LogP contribution in [0.4, 0.5) is 18.9 Å². The third kappa shape index (κ3) is 5.15. The minimum Gasteiger partial charge on any atom is -0.497 e. The number of alkyl halides is 3. The third-order valence-corrected chi connectivity index (χ3v) is 7.54. The number of aromatic nitrogens is 3. The molecule has 42 heavy (non-hydrogen) atoms. The van der Waals surface area contributed by atoms with Crippen LogP contribution in [0.1, 0.15) is 21.7 Å². The summed E-state index contributed by atoms with van der Waals surface area (Å²) in [6, 6.07) is 24.4. The van der Waals surface area contributed by atoms with Crippen molar-refractivity contribution < 1.29 is 22.7 Å². The van der Waals surface area contributed by atoms with Gasteiger partial charge in [0.15, 0.2) is 5.65 Å². The van der Waals surface area contributed by atoms with Crippen LogP contribution in [0.15, 0.2) is 84.9 Å². The summed E-state index contributed by atoms with van der Waals surface area (Å²) >= 11 is 0. The number of halogens is 3. The van der Waals surface area contributed by atoms with Crippen molar-refractivity contribution in [1.82, 2.24) is 19.5 Å². The number of fused-ring (bicyclic) bond motifs is 1. The first-order valence-corrected chi connectivity index (χ1v) is 13.5. The molecule has 5 aromatic rings. The van der Waals surface area contributed by atoms with Gasteiger partial charge in [-0.05, 0) is 61.0 Å². The van der Waals surface area contributed by atoms with Gasteiger partial charge in [0.05, 0.1) is 24.1 Å². The van der Waals surface area contributed by atoms with Gasteiger partial charge in [-0.3, -0.25) is 4.79 Å². The van der Waals surface area contributed by atoms with E-state index in [4.69, 9.17) is 14.8 Å². The number of carbonyl (C=O) groups excluding carboxylic acids is 1. The maximum Gasteiger partial charge on any atom is 0.416 e. The van der Waals surface area contributed by atoms with Gasteiger partial charge in [0.2, 0.25) is 0 Å². The molecule has 1 amide bonds.